The van der Waals surface area contributed by atoms with E-state index < -0.39 is 11.9 Å². The maximum absolute atomic E-state index is 11.5. The third-order valence-electron chi connectivity index (χ3n) is 2.57. The van der Waals surface area contributed by atoms with Crippen LogP contribution in [0.4, 0.5) is 0 Å². The van der Waals surface area contributed by atoms with E-state index in [-0.39, 0.29) is 36.8 Å². The molecule has 0 atom stereocenters. The molecular formula is C14H15Cl2NO5. The van der Waals surface area contributed by atoms with Crippen molar-refractivity contribution in [3.8, 4) is 5.75 Å². The standard InChI is InChI=1S/C14H15Cl2NO5/c1-21-14(20)5-3-10(18)7-17-13(19)8-22-12-4-2-9(15)6-11(12)16/h2,4,6H,3,5,7-8H2,1H3,(H,17,19). The molecule has 0 aliphatic carbocycles. The Balaban J connectivity index is 2.28. The molecule has 0 saturated carbocycles. The zero-order valence-electron chi connectivity index (χ0n) is 11.9. The van der Waals surface area contributed by atoms with Crippen molar-refractivity contribution in [1.29, 1.82) is 0 Å². The summed E-state index contributed by atoms with van der Waals surface area (Å²) in [6.45, 7) is -0.459. The number of halogens is 2. The zero-order chi connectivity index (χ0) is 16.5. The summed E-state index contributed by atoms with van der Waals surface area (Å²) in [4.78, 5) is 33.8. The minimum atomic E-state index is -0.475. The molecule has 0 spiro atoms. The summed E-state index contributed by atoms with van der Waals surface area (Å²) in [6.07, 6.45) is -0.00108. The third-order valence-corrected chi connectivity index (χ3v) is 3.10. The van der Waals surface area contributed by atoms with Gasteiger partial charge < -0.3 is 14.8 Å². The Bertz CT molecular complexity index is 562. The summed E-state index contributed by atoms with van der Waals surface area (Å²) in [5, 5.41) is 3.13. The normalized spacial score (nSPS) is 9.95. The van der Waals surface area contributed by atoms with Crippen LogP contribution in [0.1, 0.15) is 12.8 Å². The van der Waals surface area contributed by atoms with Gasteiger partial charge in [-0.25, -0.2) is 0 Å². The van der Waals surface area contributed by atoms with E-state index in [0.29, 0.717) is 10.8 Å². The lowest BCUT2D eigenvalue weighted by Crippen LogP contribution is -2.33. The number of hydrogen-bond acceptors (Lipinski definition) is 5. The van der Waals surface area contributed by atoms with Gasteiger partial charge >= 0.3 is 5.97 Å². The van der Waals surface area contributed by atoms with Gasteiger partial charge in [-0.3, -0.25) is 14.4 Å². The second kappa shape index (κ2) is 9.27. The van der Waals surface area contributed by atoms with Crippen molar-refractivity contribution in [2.45, 2.75) is 12.8 Å². The van der Waals surface area contributed by atoms with Crippen LogP contribution in [0, 0.1) is 0 Å². The van der Waals surface area contributed by atoms with Gasteiger partial charge in [-0.05, 0) is 18.2 Å². The van der Waals surface area contributed by atoms with Crippen LogP contribution in [0.3, 0.4) is 0 Å². The summed E-state index contributed by atoms with van der Waals surface area (Å²) < 4.78 is 9.63. The first kappa shape index (κ1) is 18.3. The maximum atomic E-state index is 11.5. The fraction of sp³-hybridized carbons (Fsp3) is 0.357. The molecule has 1 rings (SSSR count). The quantitative estimate of drug-likeness (QED) is 0.727. The van der Waals surface area contributed by atoms with Crippen LogP contribution in [0.5, 0.6) is 5.75 Å². The molecule has 0 aliphatic heterocycles. The van der Waals surface area contributed by atoms with E-state index in [1.54, 1.807) is 12.1 Å². The van der Waals surface area contributed by atoms with E-state index in [2.05, 4.69) is 10.1 Å². The van der Waals surface area contributed by atoms with Crippen molar-refractivity contribution < 1.29 is 23.9 Å². The van der Waals surface area contributed by atoms with Crippen LogP contribution in [0.2, 0.25) is 10.0 Å². The van der Waals surface area contributed by atoms with Crippen molar-refractivity contribution in [2.75, 3.05) is 20.3 Å². The highest BCUT2D eigenvalue weighted by molar-refractivity contribution is 6.35. The van der Waals surface area contributed by atoms with Crippen molar-refractivity contribution in [1.82, 2.24) is 5.32 Å². The number of methoxy groups -OCH3 is 1. The molecule has 0 aromatic heterocycles. The molecule has 6 nitrogen and oxygen atoms in total. The average Bonchev–Trinajstić information content (AvgIpc) is 2.49. The summed E-state index contributed by atoms with van der Waals surface area (Å²) in [6, 6.07) is 4.61. The van der Waals surface area contributed by atoms with E-state index in [9.17, 15) is 14.4 Å². The van der Waals surface area contributed by atoms with Gasteiger partial charge in [0.15, 0.2) is 12.4 Å². The van der Waals surface area contributed by atoms with Crippen LogP contribution in [0.25, 0.3) is 0 Å². The highest BCUT2D eigenvalue weighted by Crippen LogP contribution is 2.27. The smallest absolute Gasteiger partial charge is 0.305 e. The molecule has 0 unspecified atom stereocenters. The van der Waals surface area contributed by atoms with Gasteiger partial charge in [0.1, 0.15) is 5.75 Å². The number of carbonyl (C=O) groups excluding carboxylic acids is 3. The van der Waals surface area contributed by atoms with Crippen LogP contribution < -0.4 is 10.1 Å². The Hall–Kier alpha value is -1.79. The molecule has 22 heavy (non-hydrogen) atoms. The SMILES string of the molecule is COC(=O)CCC(=O)CNC(=O)COc1ccc(Cl)cc1Cl. The summed E-state index contributed by atoms with van der Waals surface area (Å²) in [5.74, 6) is -0.903. The van der Waals surface area contributed by atoms with Crippen molar-refractivity contribution in [3.63, 3.8) is 0 Å². The molecule has 1 aromatic carbocycles. The minimum Gasteiger partial charge on any atom is -0.482 e. The Morgan fingerprint density at radius 1 is 1.18 bits per heavy atom. The Morgan fingerprint density at radius 2 is 1.91 bits per heavy atom. The molecule has 1 amide bonds. The number of carbonyl (C=O) groups is 3. The first-order valence-corrected chi connectivity index (χ1v) is 7.11. The largest absolute Gasteiger partial charge is 0.482 e. The molecule has 0 aliphatic rings. The fourth-order valence-corrected chi connectivity index (χ4v) is 1.88. The van der Waals surface area contributed by atoms with E-state index in [0.717, 1.165) is 0 Å². The molecule has 8 heteroatoms. The zero-order valence-corrected chi connectivity index (χ0v) is 13.4. The summed E-state index contributed by atoms with van der Waals surface area (Å²) in [5.41, 5.74) is 0. The van der Waals surface area contributed by atoms with Gasteiger partial charge in [0, 0.05) is 11.4 Å². The van der Waals surface area contributed by atoms with Gasteiger partial charge in [-0.2, -0.15) is 0 Å². The molecule has 0 bridgehead atoms. The number of rotatable bonds is 8. The van der Waals surface area contributed by atoms with Crippen molar-refractivity contribution >= 4 is 40.9 Å². The third kappa shape index (κ3) is 6.78. The second-order valence-electron chi connectivity index (χ2n) is 4.25. The van der Waals surface area contributed by atoms with Crippen LogP contribution in [0.15, 0.2) is 18.2 Å². The van der Waals surface area contributed by atoms with Crippen molar-refractivity contribution in [2.24, 2.45) is 0 Å². The Morgan fingerprint density at radius 3 is 2.55 bits per heavy atom. The van der Waals surface area contributed by atoms with Gasteiger partial charge in [0.05, 0.1) is 25.1 Å². The van der Waals surface area contributed by atoms with Gasteiger partial charge in [-0.1, -0.05) is 23.2 Å². The highest BCUT2D eigenvalue weighted by atomic mass is 35.5. The van der Waals surface area contributed by atoms with Crippen LogP contribution in [-0.4, -0.2) is 37.9 Å². The molecule has 1 N–H and O–H groups in total. The fourth-order valence-electron chi connectivity index (χ4n) is 1.42. The monoisotopic (exact) mass is 347 g/mol. The molecule has 0 radical (unpaired) electrons. The number of amides is 1. The van der Waals surface area contributed by atoms with Crippen molar-refractivity contribution in [3.05, 3.63) is 28.2 Å². The summed E-state index contributed by atoms with van der Waals surface area (Å²) >= 11 is 11.6. The lowest BCUT2D eigenvalue weighted by Gasteiger charge is -2.08. The predicted octanol–water partition coefficient (Wildman–Crippen LogP) is 2.01. The van der Waals surface area contributed by atoms with E-state index >= 15 is 0 Å². The lowest BCUT2D eigenvalue weighted by atomic mass is 10.2. The maximum Gasteiger partial charge on any atom is 0.305 e. The average molecular weight is 348 g/mol. The first-order chi connectivity index (χ1) is 10.4. The highest BCUT2D eigenvalue weighted by Gasteiger charge is 2.10. The molecule has 120 valence electrons. The number of nitrogens with one attached hydrogen (secondary N) is 1. The van der Waals surface area contributed by atoms with E-state index in [1.165, 1.54) is 13.2 Å². The van der Waals surface area contributed by atoms with Crippen LogP contribution >= 0.6 is 23.2 Å². The Labute approximate surface area is 137 Å². The van der Waals surface area contributed by atoms with Crippen LogP contribution in [-0.2, 0) is 19.1 Å². The molecule has 0 heterocycles. The van der Waals surface area contributed by atoms with Gasteiger partial charge in [0.25, 0.3) is 5.91 Å². The first-order valence-electron chi connectivity index (χ1n) is 6.35. The number of hydrogen-bond donors (Lipinski definition) is 1. The van der Waals surface area contributed by atoms with E-state index in [1.807, 2.05) is 0 Å². The molecule has 0 saturated heterocycles. The number of Topliss-reactive ketones (excluding diaryl/α,β-unsaturated/α-hetero) is 1. The van der Waals surface area contributed by atoms with E-state index in [4.69, 9.17) is 27.9 Å². The Kier molecular flexibility index (Phi) is 7.70. The second-order valence-corrected chi connectivity index (χ2v) is 5.10. The predicted molar refractivity (Wildman–Crippen MR) is 81.2 cm³/mol. The minimum absolute atomic E-state index is 0.0107. The number of benzene rings is 1. The number of esters is 1. The number of ketones is 1. The number of ether oxygens (including phenoxy) is 2. The van der Waals surface area contributed by atoms with Gasteiger partial charge in [-0.15, -0.1) is 0 Å². The molecule has 0 fully saturated rings. The van der Waals surface area contributed by atoms with Gasteiger partial charge in [0.2, 0.25) is 0 Å². The topological polar surface area (TPSA) is 81.7 Å². The molecule has 1 aromatic rings. The summed E-state index contributed by atoms with van der Waals surface area (Å²) in [7, 11) is 1.24. The molecular weight excluding hydrogens is 333 g/mol. The lowest BCUT2D eigenvalue weighted by molar-refractivity contribution is -0.141.